The first-order valence-electron chi connectivity index (χ1n) is 18.8. The number of amides is 1. The van der Waals surface area contributed by atoms with Gasteiger partial charge in [-0.2, -0.15) is 0 Å². The molecule has 0 aliphatic carbocycles. The Kier molecular flexibility index (Phi) is 33.0. The van der Waals surface area contributed by atoms with E-state index < -0.39 is 131 Å². The Balaban J connectivity index is 4.47. The second-order valence-corrected chi connectivity index (χ2v) is 13.7. The van der Waals surface area contributed by atoms with Crippen LogP contribution in [-0.4, -0.2) is 297 Å². The average Bonchev–Trinajstić information content (AvgIpc) is 3.20. The van der Waals surface area contributed by atoms with Crippen LogP contribution in [0, 0.1) is 0 Å². The van der Waals surface area contributed by atoms with Gasteiger partial charge in [0.05, 0.1) is 97.6 Å². The second kappa shape index (κ2) is 33.9. The van der Waals surface area contributed by atoms with Crippen molar-refractivity contribution in [3.63, 3.8) is 0 Å². The highest BCUT2D eigenvalue weighted by molar-refractivity contribution is 5.67. The van der Waals surface area contributed by atoms with Gasteiger partial charge in [0.25, 0.3) is 0 Å². The maximum Gasteiger partial charge on any atom is 0.407 e. The summed E-state index contributed by atoms with van der Waals surface area (Å²) in [6.45, 7) is -6.26. The molecule has 0 aromatic heterocycles. The zero-order valence-corrected chi connectivity index (χ0v) is 32.8. The Bertz CT molecular complexity index is 987. The number of hydrogen-bond donors (Lipinski definition) is 18. The normalized spacial score (nSPS) is 19.4. The monoisotopic (exact) mass is 875 g/mol. The number of nitrogens with zero attached hydrogens (tertiary/aromatic N) is 1. The number of alkyl carbamates (subject to hydrolysis) is 1. The molecule has 0 saturated carbocycles. The summed E-state index contributed by atoms with van der Waals surface area (Å²) < 4.78 is 30.8. The molecule has 0 aromatic carbocycles. The number of hydrogen-bond acceptors (Lipinski definition) is 25. The number of ether oxygens (including phenoxy) is 6. The van der Waals surface area contributed by atoms with E-state index in [1.807, 2.05) is 0 Å². The number of aliphatic hydroxyl groups is 16. The van der Waals surface area contributed by atoms with Gasteiger partial charge >= 0.3 is 6.09 Å². The van der Waals surface area contributed by atoms with Gasteiger partial charge in [-0.1, -0.05) is 0 Å². The highest BCUT2D eigenvalue weighted by Crippen LogP contribution is 2.12. The van der Waals surface area contributed by atoms with Crippen LogP contribution in [0.5, 0.6) is 0 Å². The van der Waals surface area contributed by atoms with Crippen LogP contribution < -0.4 is 11.1 Å². The fourth-order valence-electron chi connectivity index (χ4n) is 4.78. The predicted molar refractivity (Wildman–Crippen MR) is 197 cm³/mol. The largest absolute Gasteiger partial charge is 0.447 e. The summed E-state index contributed by atoms with van der Waals surface area (Å²) in [6, 6.07) is 0. The fraction of sp³-hybridized carbons (Fsp3) is 0.970. The van der Waals surface area contributed by atoms with Crippen LogP contribution >= 0.6 is 0 Å². The number of carbonyl (C=O) groups excluding carboxylic acids is 1. The molecular formula is C33H69N3O23. The van der Waals surface area contributed by atoms with E-state index in [0.717, 1.165) is 4.90 Å². The molecule has 0 aliphatic rings. The van der Waals surface area contributed by atoms with E-state index in [0.29, 0.717) is 0 Å². The van der Waals surface area contributed by atoms with Crippen molar-refractivity contribution in [3.8, 4) is 0 Å². The smallest absolute Gasteiger partial charge is 0.407 e. The van der Waals surface area contributed by atoms with Gasteiger partial charge in [-0.15, -0.1) is 0 Å². The van der Waals surface area contributed by atoms with Gasteiger partial charge < -0.3 is 121 Å². The number of nitrogens with one attached hydrogen (secondary N) is 1. The standard InChI is InChI=1S/C33H69N3O23/c34-1-2-35-33(53)59-18-24(44)17-58-16-23(43)15-57-14-22(42)13-56-12-21(41)11-55-10-20(40)9-54-8-19(39)3-36(4-25(45)29(49)31(51)27(47)6-37)5-26(46)30(50)32(52)28(48)7-38/h19-32,37-52H,1-18,34H2,(H,35,53)/t19?,20?,21?,22?,23?,24?,25-,26-,27+,28+,29+,30+,31+,32+/m0/s1. The van der Waals surface area contributed by atoms with Crippen LogP contribution in [0.25, 0.3) is 0 Å². The molecule has 1 amide bonds. The summed E-state index contributed by atoms with van der Waals surface area (Å²) in [5.74, 6) is 0. The number of nitrogens with two attached hydrogens (primary N) is 1. The molecule has 0 fully saturated rings. The SMILES string of the molecule is NCCNC(=O)OCC(O)COCC(O)COCC(O)COCC(O)COCC(O)COCC(O)CN(C[C@H](O)[C@@H](O)[C@H](O)[C@H](O)CO)C[C@H](O)[C@@H](O)[C@H](O)[C@H](O)CO. The minimum Gasteiger partial charge on any atom is -0.447 e. The summed E-state index contributed by atoms with van der Waals surface area (Å²) in [6.07, 6.45) is -23.2. The Labute approximate surface area is 341 Å². The summed E-state index contributed by atoms with van der Waals surface area (Å²) in [5, 5.41) is 161. The van der Waals surface area contributed by atoms with Gasteiger partial charge in [-0.3, -0.25) is 4.90 Å². The number of aliphatic hydroxyl groups excluding tert-OH is 16. The first-order valence-corrected chi connectivity index (χ1v) is 18.8. The van der Waals surface area contributed by atoms with Gasteiger partial charge in [-0.25, -0.2) is 4.79 Å². The second-order valence-electron chi connectivity index (χ2n) is 13.7. The molecule has 0 radical (unpaired) electrons. The highest BCUT2D eigenvalue weighted by atomic mass is 16.6. The van der Waals surface area contributed by atoms with Crippen LogP contribution in [0.3, 0.4) is 0 Å². The lowest BCUT2D eigenvalue weighted by Gasteiger charge is -2.34. The van der Waals surface area contributed by atoms with Crippen LogP contribution in [0.2, 0.25) is 0 Å². The molecule has 19 N–H and O–H groups in total. The zero-order chi connectivity index (χ0) is 44.9. The van der Waals surface area contributed by atoms with Crippen LogP contribution in [0.1, 0.15) is 0 Å². The maximum absolute atomic E-state index is 11.3. The molecule has 0 aliphatic heterocycles. The van der Waals surface area contributed by atoms with E-state index in [1.165, 1.54) is 0 Å². The molecule has 0 heterocycles. The quantitative estimate of drug-likeness (QED) is 0.0274. The van der Waals surface area contributed by atoms with Crippen LogP contribution in [0.15, 0.2) is 0 Å². The van der Waals surface area contributed by atoms with Crippen molar-refractivity contribution in [2.75, 3.05) is 119 Å². The van der Waals surface area contributed by atoms with Gasteiger partial charge in [0.1, 0.15) is 73.8 Å². The van der Waals surface area contributed by atoms with Crippen LogP contribution in [-0.2, 0) is 28.4 Å². The van der Waals surface area contributed by atoms with Crippen molar-refractivity contribution in [1.82, 2.24) is 10.2 Å². The molecular weight excluding hydrogens is 806 g/mol. The van der Waals surface area contributed by atoms with Crippen molar-refractivity contribution in [2.45, 2.75) is 85.5 Å². The molecule has 0 aromatic rings. The van der Waals surface area contributed by atoms with Crippen molar-refractivity contribution < 1.29 is 115 Å². The third kappa shape index (κ3) is 27.8. The van der Waals surface area contributed by atoms with Gasteiger partial charge in [0, 0.05) is 32.7 Å². The Morgan fingerprint density at radius 1 is 0.441 bits per heavy atom. The average molecular weight is 876 g/mol. The Morgan fingerprint density at radius 3 is 1.03 bits per heavy atom. The van der Waals surface area contributed by atoms with E-state index >= 15 is 0 Å². The van der Waals surface area contributed by atoms with Gasteiger partial charge in [0.15, 0.2) is 0 Å². The number of rotatable bonds is 38. The lowest BCUT2D eigenvalue weighted by Crippen LogP contribution is -2.54. The van der Waals surface area contributed by atoms with Gasteiger partial charge in [-0.05, 0) is 0 Å². The van der Waals surface area contributed by atoms with E-state index in [9.17, 15) is 76.3 Å². The summed E-state index contributed by atoms with van der Waals surface area (Å²) >= 11 is 0. The Morgan fingerprint density at radius 2 is 0.729 bits per heavy atom. The molecule has 26 nitrogen and oxygen atoms in total. The Hall–Kier alpha value is -1.65. The van der Waals surface area contributed by atoms with Crippen molar-refractivity contribution in [3.05, 3.63) is 0 Å². The first-order chi connectivity index (χ1) is 27.9. The minimum absolute atomic E-state index is 0.212. The molecule has 0 bridgehead atoms. The fourth-order valence-corrected chi connectivity index (χ4v) is 4.78. The number of carbonyl (C=O) groups is 1. The summed E-state index contributed by atoms with van der Waals surface area (Å²) in [5.41, 5.74) is 5.24. The third-order valence-electron chi connectivity index (χ3n) is 7.93. The zero-order valence-electron chi connectivity index (χ0n) is 32.8. The molecule has 0 saturated heterocycles. The van der Waals surface area contributed by atoms with Crippen molar-refractivity contribution in [2.24, 2.45) is 5.73 Å². The highest BCUT2D eigenvalue weighted by Gasteiger charge is 2.35. The lowest BCUT2D eigenvalue weighted by molar-refractivity contribution is -0.133. The van der Waals surface area contributed by atoms with E-state index in [4.69, 9.17) is 44.4 Å². The van der Waals surface area contributed by atoms with E-state index in [2.05, 4.69) is 5.32 Å². The third-order valence-corrected chi connectivity index (χ3v) is 7.93. The molecule has 0 spiro atoms. The van der Waals surface area contributed by atoms with E-state index in [-0.39, 0.29) is 79.2 Å². The molecule has 354 valence electrons. The maximum atomic E-state index is 11.3. The summed E-state index contributed by atoms with van der Waals surface area (Å²) in [7, 11) is 0. The predicted octanol–water partition coefficient (Wildman–Crippen LogP) is -10.9. The van der Waals surface area contributed by atoms with Crippen molar-refractivity contribution >= 4 is 6.09 Å². The molecule has 0 rings (SSSR count). The topological polar surface area (TPSA) is 437 Å². The van der Waals surface area contributed by atoms with Crippen LogP contribution in [0.4, 0.5) is 4.79 Å². The molecule has 59 heavy (non-hydrogen) atoms. The summed E-state index contributed by atoms with van der Waals surface area (Å²) in [4.78, 5) is 12.4. The molecule has 14 atom stereocenters. The molecule has 26 heteroatoms. The first kappa shape index (κ1) is 57.3. The van der Waals surface area contributed by atoms with E-state index in [1.54, 1.807) is 0 Å². The minimum atomic E-state index is -2.02. The lowest BCUT2D eigenvalue weighted by atomic mass is 10.0. The van der Waals surface area contributed by atoms with Gasteiger partial charge in [0.2, 0.25) is 0 Å². The van der Waals surface area contributed by atoms with Crippen molar-refractivity contribution in [1.29, 1.82) is 0 Å². The molecule has 6 unspecified atom stereocenters.